The highest BCUT2D eigenvalue weighted by Crippen LogP contribution is 2.24. The van der Waals surface area contributed by atoms with Gasteiger partial charge in [0.25, 0.3) is 0 Å². The molecule has 0 saturated carbocycles. The highest BCUT2D eigenvalue weighted by atomic mass is 79.9. The zero-order valence-electron chi connectivity index (χ0n) is 9.62. The Balaban J connectivity index is 3.01. The minimum atomic E-state index is -0.361. The summed E-state index contributed by atoms with van der Waals surface area (Å²) >= 11 is 12.5. The Labute approximate surface area is 128 Å². The van der Waals surface area contributed by atoms with Crippen LogP contribution in [0.2, 0.25) is 5.02 Å². The van der Waals surface area contributed by atoms with E-state index < -0.39 is 0 Å². The molecule has 0 saturated heterocycles. The first-order valence-corrected chi connectivity index (χ1v) is 7.16. The molecule has 1 rings (SSSR count). The lowest BCUT2D eigenvalue weighted by Gasteiger charge is -2.02. The van der Waals surface area contributed by atoms with Gasteiger partial charge in [0.05, 0.1) is 10.00 Å². The van der Waals surface area contributed by atoms with Crippen LogP contribution >= 0.6 is 43.5 Å². The third kappa shape index (κ3) is 5.38. The Bertz CT molecular complexity index is 492. The lowest BCUT2D eigenvalue weighted by Crippen LogP contribution is -1.98. The van der Waals surface area contributed by atoms with E-state index in [4.69, 9.17) is 16.3 Å². The molecule has 0 atom stereocenters. The van der Waals surface area contributed by atoms with Crippen molar-refractivity contribution in [2.24, 2.45) is 0 Å². The Kier molecular flexibility index (Phi) is 6.68. The van der Waals surface area contributed by atoms with Crippen LogP contribution in [0, 0.1) is 0 Å². The Morgan fingerprint density at radius 2 is 2.11 bits per heavy atom. The van der Waals surface area contributed by atoms with Gasteiger partial charge in [-0.1, -0.05) is 17.7 Å². The van der Waals surface area contributed by atoms with Crippen molar-refractivity contribution in [3.8, 4) is 0 Å². The van der Waals surface area contributed by atoms with Crippen LogP contribution in [0.3, 0.4) is 0 Å². The van der Waals surface area contributed by atoms with Crippen LogP contribution in [0.4, 0.5) is 0 Å². The van der Waals surface area contributed by atoms with Crippen molar-refractivity contribution in [3.05, 3.63) is 43.8 Å². The van der Waals surface area contributed by atoms with Gasteiger partial charge in [0.2, 0.25) is 0 Å². The number of benzene rings is 1. The molecule has 1 aromatic rings. The van der Waals surface area contributed by atoms with Crippen molar-refractivity contribution in [1.82, 2.24) is 0 Å². The number of esters is 1. The summed E-state index contributed by atoms with van der Waals surface area (Å²) in [6.07, 6.45) is 4.95. The number of rotatable bonds is 4. The predicted molar refractivity (Wildman–Crippen MR) is 83.0 cm³/mol. The van der Waals surface area contributed by atoms with E-state index in [0.717, 1.165) is 14.5 Å². The van der Waals surface area contributed by atoms with E-state index in [1.165, 1.54) is 6.08 Å². The number of carbonyl (C=O) groups is 1. The lowest BCUT2D eigenvalue weighted by atomic mass is 10.1. The first kappa shape index (κ1) is 15.5. The molecule has 5 heteroatoms. The molecule has 1 aromatic carbocycles. The van der Waals surface area contributed by atoms with Crippen molar-refractivity contribution in [3.63, 3.8) is 0 Å². The van der Waals surface area contributed by atoms with Crippen LogP contribution in [0.5, 0.6) is 0 Å². The number of halogens is 3. The molecule has 0 fully saturated rings. The van der Waals surface area contributed by atoms with Gasteiger partial charge in [-0.05, 0) is 74.2 Å². The second-order valence-corrected chi connectivity index (χ2v) is 6.50. The Morgan fingerprint density at radius 1 is 1.39 bits per heavy atom. The molecule has 0 radical (unpaired) electrons. The average Bonchev–Trinajstić information content (AvgIpc) is 2.27. The quantitative estimate of drug-likeness (QED) is 0.530. The van der Waals surface area contributed by atoms with E-state index in [1.54, 1.807) is 19.1 Å². The fourth-order valence-corrected chi connectivity index (χ4v) is 1.96. The monoisotopic (exact) mass is 392 g/mol. The summed E-state index contributed by atoms with van der Waals surface area (Å²) in [6.45, 7) is 2.13. The standard InChI is InChI=1S/C13H11Br2ClO2/c1-2-18-13(17)6-4-9-3-5-11(16)7-10(9)8-12(14)15/h3-8H,2H2,1H3/b6-4+. The molecule has 0 N–H and O–H groups in total. The zero-order valence-corrected chi connectivity index (χ0v) is 13.5. The van der Waals surface area contributed by atoms with Crippen molar-refractivity contribution in [2.75, 3.05) is 6.61 Å². The SMILES string of the molecule is CCOC(=O)/C=C/c1ccc(Cl)cc1C=C(Br)Br. The van der Waals surface area contributed by atoms with Crippen molar-refractivity contribution >= 4 is 61.6 Å². The highest BCUT2D eigenvalue weighted by molar-refractivity contribution is 9.28. The van der Waals surface area contributed by atoms with Gasteiger partial charge < -0.3 is 4.74 Å². The first-order valence-electron chi connectivity index (χ1n) is 5.20. The van der Waals surface area contributed by atoms with E-state index in [0.29, 0.717) is 11.6 Å². The normalized spacial score (nSPS) is 10.4. The third-order valence-electron chi connectivity index (χ3n) is 2.00. The van der Waals surface area contributed by atoms with E-state index in [9.17, 15) is 4.79 Å². The topological polar surface area (TPSA) is 26.3 Å². The molecule has 96 valence electrons. The molecule has 0 amide bonds. The molecule has 0 aliphatic heterocycles. The number of hydrogen-bond donors (Lipinski definition) is 0. The predicted octanol–water partition coefficient (Wildman–Crippen LogP) is 5.00. The van der Waals surface area contributed by atoms with E-state index >= 15 is 0 Å². The second kappa shape index (κ2) is 7.77. The summed E-state index contributed by atoms with van der Waals surface area (Å²) in [5.41, 5.74) is 1.77. The molecule has 0 aromatic heterocycles. The fourth-order valence-electron chi connectivity index (χ4n) is 1.29. The van der Waals surface area contributed by atoms with Gasteiger partial charge in [-0.2, -0.15) is 0 Å². The van der Waals surface area contributed by atoms with Gasteiger partial charge >= 0.3 is 5.97 Å². The van der Waals surface area contributed by atoms with Gasteiger partial charge in [-0.3, -0.25) is 0 Å². The van der Waals surface area contributed by atoms with E-state index in [-0.39, 0.29) is 5.97 Å². The number of carbonyl (C=O) groups excluding carboxylic acids is 1. The Morgan fingerprint density at radius 3 is 2.72 bits per heavy atom. The van der Waals surface area contributed by atoms with Gasteiger partial charge in [-0.25, -0.2) is 4.79 Å². The summed E-state index contributed by atoms with van der Waals surface area (Å²) in [4.78, 5) is 11.2. The van der Waals surface area contributed by atoms with Crippen LogP contribution in [-0.2, 0) is 9.53 Å². The Hall–Kier alpha value is -0.580. The molecule has 0 bridgehead atoms. The van der Waals surface area contributed by atoms with Gasteiger partial charge in [-0.15, -0.1) is 0 Å². The molecular weight excluding hydrogens is 383 g/mol. The van der Waals surface area contributed by atoms with Crippen molar-refractivity contribution in [1.29, 1.82) is 0 Å². The summed E-state index contributed by atoms with van der Waals surface area (Å²) in [5, 5.41) is 0.635. The first-order chi connectivity index (χ1) is 8.52. The number of hydrogen-bond acceptors (Lipinski definition) is 2. The minimum absolute atomic E-state index is 0.361. The average molecular weight is 394 g/mol. The molecule has 0 aliphatic rings. The van der Waals surface area contributed by atoms with E-state index in [2.05, 4.69) is 31.9 Å². The smallest absolute Gasteiger partial charge is 0.330 e. The summed E-state index contributed by atoms with van der Waals surface area (Å²) in [5.74, 6) is -0.361. The van der Waals surface area contributed by atoms with Crippen molar-refractivity contribution in [2.45, 2.75) is 6.92 Å². The van der Waals surface area contributed by atoms with Crippen LogP contribution in [0.15, 0.2) is 27.7 Å². The largest absolute Gasteiger partial charge is 0.463 e. The summed E-state index contributed by atoms with van der Waals surface area (Å²) in [7, 11) is 0. The molecular formula is C13H11Br2ClO2. The zero-order chi connectivity index (χ0) is 13.5. The molecule has 2 nitrogen and oxygen atoms in total. The van der Waals surface area contributed by atoms with E-state index in [1.807, 2.05) is 18.2 Å². The summed E-state index contributed by atoms with van der Waals surface area (Å²) < 4.78 is 5.62. The molecule has 0 unspecified atom stereocenters. The lowest BCUT2D eigenvalue weighted by molar-refractivity contribution is -0.137. The van der Waals surface area contributed by atoms with Crippen LogP contribution in [0.25, 0.3) is 12.2 Å². The van der Waals surface area contributed by atoms with Crippen molar-refractivity contribution < 1.29 is 9.53 Å². The van der Waals surface area contributed by atoms with Gasteiger partial charge in [0.15, 0.2) is 0 Å². The highest BCUT2D eigenvalue weighted by Gasteiger charge is 2.01. The third-order valence-corrected chi connectivity index (χ3v) is 2.69. The molecule has 0 spiro atoms. The van der Waals surface area contributed by atoms with Gasteiger partial charge in [0, 0.05) is 11.1 Å². The minimum Gasteiger partial charge on any atom is -0.463 e. The molecule has 0 aliphatic carbocycles. The molecule has 0 heterocycles. The maximum atomic E-state index is 11.2. The van der Waals surface area contributed by atoms with Crippen LogP contribution < -0.4 is 0 Å². The van der Waals surface area contributed by atoms with Crippen LogP contribution in [0.1, 0.15) is 18.1 Å². The molecule has 18 heavy (non-hydrogen) atoms. The van der Waals surface area contributed by atoms with Gasteiger partial charge in [0.1, 0.15) is 0 Å². The second-order valence-electron chi connectivity index (χ2n) is 3.29. The van der Waals surface area contributed by atoms with Crippen LogP contribution in [-0.4, -0.2) is 12.6 Å². The number of ether oxygens (including phenoxy) is 1. The fraction of sp³-hybridized carbons (Fsp3) is 0.154. The summed E-state index contributed by atoms with van der Waals surface area (Å²) in [6, 6.07) is 5.42. The maximum Gasteiger partial charge on any atom is 0.330 e. The maximum absolute atomic E-state index is 11.2.